The van der Waals surface area contributed by atoms with Gasteiger partial charge in [0.1, 0.15) is 23.1 Å². The van der Waals surface area contributed by atoms with Crippen molar-refractivity contribution in [1.82, 2.24) is 9.97 Å². The maximum absolute atomic E-state index is 13.0. The highest BCUT2D eigenvalue weighted by Gasteiger charge is 2.24. The van der Waals surface area contributed by atoms with Crippen LogP contribution < -0.4 is 9.64 Å². The summed E-state index contributed by atoms with van der Waals surface area (Å²) in [7, 11) is 0. The second-order valence-corrected chi connectivity index (χ2v) is 7.01. The molecule has 6 nitrogen and oxygen atoms in total. The Morgan fingerprint density at radius 2 is 1.76 bits per heavy atom. The van der Waals surface area contributed by atoms with Crippen LogP contribution in [0.15, 0.2) is 54.6 Å². The van der Waals surface area contributed by atoms with Crippen LogP contribution in [0, 0.1) is 5.82 Å². The molecule has 1 fully saturated rings. The average Bonchev–Trinajstić information content (AvgIpc) is 3.16. The van der Waals surface area contributed by atoms with E-state index in [-0.39, 0.29) is 11.5 Å². The van der Waals surface area contributed by atoms with E-state index in [2.05, 4.69) is 21.8 Å². The summed E-state index contributed by atoms with van der Waals surface area (Å²) >= 11 is 0. The van der Waals surface area contributed by atoms with Crippen LogP contribution in [0.5, 0.6) is 11.5 Å². The number of aromatic carboxylic acids is 1. The van der Waals surface area contributed by atoms with Crippen LogP contribution >= 0.6 is 0 Å². The van der Waals surface area contributed by atoms with Crippen molar-refractivity contribution in [3.05, 3.63) is 66.1 Å². The van der Waals surface area contributed by atoms with Gasteiger partial charge >= 0.3 is 5.97 Å². The summed E-state index contributed by atoms with van der Waals surface area (Å²) in [6, 6.07) is 14.6. The van der Waals surface area contributed by atoms with Crippen molar-refractivity contribution in [3.63, 3.8) is 0 Å². The number of ether oxygens (including phenoxy) is 1. The molecular formula is C22H20FN3O3. The number of halogens is 1. The van der Waals surface area contributed by atoms with Crippen LogP contribution in [0.1, 0.15) is 30.3 Å². The van der Waals surface area contributed by atoms with Crippen molar-refractivity contribution in [2.75, 3.05) is 11.4 Å². The molecule has 0 bridgehead atoms. The fraction of sp³-hybridized carbons (Fsp3) is 0.227. The number of aromatic nitrogens is 2. The maximum Gasteiger partial charge on any atom is 0.354 e. The molecule has 2 heterocycles. The van der Waals surface area contributed by atoms with Gasteiger partial charge in [-0.15, -0.1) is 0 Å². The smallest absolute Gasteiger partial charge is 0.354 e. The van der Waals surface area contributed by atoms with Crippen molar-refractivity contribution in [1.29, 1.82) is 0 Å². The minimum Gasteiger partial charge on any atom is -0.477 e. The number of anilines is 1. The van der Waals surface area contributed by atoms with Crippen LogP contribution in [0.3, 0.4) is 0 Å². The van der Waals surface area contributed by atoms with E-state index in [0.717, 1.165) is 19.4 Å². The predicted molar refractivity (Wildman–Crippen MR) is 107 cm³/mol. The monoisotopic (exact) mass is 393 g/mol. The molecule has 0 spiro atoms. The van der Waals surface area contributed by atoms with E-state index < -0.39 is 5.97 Å². The van der Waals surface area contributed by atoms with E-state index >= 15 is 0 Å². The Morgan fingerprint density at radius 3 is 2.34 bits per heavy atom. The zero-order valence-electron chi connectivity index (χ0n) is 15.9. The summed E-state index contributed by atoms with van der Waals surface area (Å²) in [5.41, 5.74) is 0.656. The van der Waals surface area contributed by atoms with E-state index in [9.17, 15) is 14.3 Å². The molecule has 3 aromatic rings. The first-order valence-electron chi connectivity index (χ1n) is 9.42. The van der Waals surface area contributed by atoms with E-state index in [1.54, 1.807) is 36.4 Å². The molecule has 7 heteroatoms. The van der Waals surface area contributed by atoms with Crippen molar-refractivity contribution in [3.8, 4) is 22.9 Å². The largest absolute Gasteiger partial charge is 0.477 e. The highest BCUT2D eigenvalue weighted by molar-refractivity contribution is 5.87. The van der Waals surface area contributed by atoms with Crippen molar-refractivity contribution < 1.29 is 19.0 Å². The Labute approximate surface area is 167 Å². The van der Waals surface area contributed by atoms with E-state index in [4.69, 9.17) is 4.74 Å². The summed E-state index contributed by atoms with van der Waals surface area (Å²) in [5, 5.41) is 9.46. The van der Waals surface area contributed by atoms with Gasteiger partial charge in [-0.2, -0.15) is 0 Å². The van der Waals surface area contributed by atoms with Crippen LogP contribution in [0.4, 0.5) is 10.2 Å². The molecule has 1 aliphatic rings. The van der Waals surface area contributed by atoms with E-state index in [1.807, 2.05) is 0 Å². The molecule has 4 rings (SSSR count). The van der Waals surface area contributed by atoms with Gasteiger partial charge in [0.15, 0.2) is 11.5 Å². The van der Waals surface area contributed by atoms with Gasteiger partial charge in [-0.1, -0.05) is 0 Å². The van der Waals surface area contributed by atoms with Crippen LogP contribution in [0.25, 0.3) is 11.4 Å². The zero-order valence-corrected chi connectivity index (χ0v) is 15.9. The molecule has 1 aromatic heterocycles. The molecule has 1 saturated heterocycles. The topological polar surface area (TPSA) is 75.6 Å². The molecule has 0 aliphatic carbocycles. The quantitative estimate of drug-likeness (QED) is 0.673. The first-order chi connectivity index (χ1) is 14.0. The molecule has 29 heavy (non-hydrogen) atoms. The number of hydrogen-bond donors (Lipinski definition) is 1. The van der Waals surface area contributed by atoms with E-state index in [1.165, 1.54) is 18.2 Å². The van der Waals surface area contributed by atoms with E-state index in [0.29, 0.717) is 34.7 Å². The lowest BCUT2D eigenvalue weighted by Crippen LogP contribution is -2.27. The first-order valence-corrected chi connectivity index (χ1v) is 9.42. The first kappa shape index (κ1) is 18.9. The van der Waals surface area contributed by atoms with Crippen LogP contribution in [-0.2, 0) is 0 Å². The van der Waals surface area contributed by atoms with Crippen molar-refractivity contribution >= 4 is 11.8 Å². The van der Waals surface area contributed by atoms with Gasteiger partial charge in [-0.05, 0) is 68.3 Å². The SMILES string of the molecule is C[C@@H]1CCCN1c1cc(C(=O)O)nc(-c2ccc(Oc3ccc(F)cc3)cc2)n1. The number of carboxylic acid groups (broad SMARTS) is 1. The number of nitrogens with zero attached hydrogens (tertiary/aromatic N) is 3. The molecule has 0 radical (unpaired) electrons. The zero-order chi connectivity index (χ0) is 20.4. The van der Waals surface area contributed by atoms with Crippen molar-refractivity contribution in [2.24, 2.45) is 0 Å². The summed E-state index contributed by atoms with van der Waals surface area (Å²) in [6.07, 6.45) is 2.11. The summed E-state index contributed by atoms with van der Waals surface area (Å²) < 4.78 is 18.7. The molecule has 1 aliphatic heterocycles. The number of hydrogen-bond acceptors (Lipinski definition) is 5. The lowest BCUT2D eigenvalue weighted by Gasteiger charge is -2.23. The third-order valence-electron chi connectivity index (χ3n) is 4.94. The minimum absolute atomic E-state index is 0.0317. The van der Waals surface area contributed by atoms with Gasteiger partial charge < -0.3 is 14.7 Å². The molecule has 0 unspecified atom stereocenters. The summed E-state index contributed by atoms with van der Waals surface area (Å²) in [5.74, 6) is 0.664. The third-order valence-corrected chi connectivity index (χ3v) is 4.94. The molecule has 1 N–H and O–H groups in total. The molecular weight excluding hydrogens is 373 g/mol. The molecule has 2 aromatic carbocycles. The Morgan fingerprint density at radius 1 is 1.10 bits per heavy atom. The Balaban J connectivity index is 1.62. The van der Waals surface area contributed by atoms with Gasteiger partial charge in [0.2, 0.25) is 0 Å². The minimum atomic E-state index is -1.09. The second-order valence-electron chi connectivity index (χ2n) is 7.01. The van der Waals surface area contributed by atoms with Gasteiger partial charge in [0, 0.05) is 24.2 Å². The lowest BCUT2D eigenvalue weighted by molar-refractivity contribution is 0.0690. The lowest BCUT2D eigenvalue weighted by atomic mass is 10.2. The van der Waals surface area contributed by atoms with Gasteiger partial charge in [-0.3, -0.25) is 0 Å². The average molecular weight is 393 g/mol. The molecule has 0 amide bonds. The second kappa shape index (κ2) is 7.87. The molecule has 0 saturated carbocycles. The molecule has 1 atom stereocenters. The fourth-order valence-electron chi connectivity index (χ4n) is 3.40. The van der Waals surface area contributed by atoms with Crippen LogP contribution in [-0.4, -0.2) is 33.6 Å². The Bertz CT molecular complexity index is 1020. The van der Waals surface area contributed by atoms with Crippen LogP contribution in [0.2, 0.25) is 0 Å². The highest BCUT2D eigenvalue weighted by Crippen LogP contribution is 2.28. The number of benzene rings is 2. The summed E-state index contributed by atoms with van der Waals surface area (Å²) in [4.78, 5) is 22.5. The molecule has 148 valence electrons. The Kier molecular flexibility index (Phi) is 5.12. The number of rotatable bonds is 5. The maximum atomic E-state index is 13.0. The normalized spacial score (nSPS) is 16.1. The highest BCUT2D eigenvalue weighted by atomic mass is 19.1. The van der Waals surface area contributed by atoms with Gasteiger partial charge in [0.25, 0.3) is 0 Å². The number of carboxylic acids is 1. The number of carbonyl (C=O) groups is 1. The predicted octanol–water partition coefficient (Wildman–Crippen LogP) is 4.76. The fourth-order valence-corrected chi connectivity index (χ4v) is 3.40. The van der Waals surface area contributed by atoms with Crippen molar-refractivity contribution in [2.45, 2.75) is 25.8 Å². The summed E-state index contributed by atoms with van der Waals surface area (Å²) in [6.45, 7) is 2.96. The van der Waals surface area contributed by atoms with Gasteiger partial charge in [-0.25, -0.2) is 19.2 Å². The Hall–Kier alpha value is -3.48. The third kappa shape index (κ3) is 4.18. The standard InChI is InChI=1S/C22H20FN3O3/c1-14-3-2-12-26(14)20-13-19(22(27)28)24-21(25-20)15-4-8-17(9-5-15)29-18-10-6-16(23)7-11-18/h4-11,13-14H,2-3,12H2,1H3,(H,27,28)/t14-/m1/s1. The van der Waals surface area contributed by atoms with Gasteiger partial charge in [0.05, 0.1) is 0 Å².